The van der Waals surface area contributed by atoms with Gasteiger partial charge in [0.05, 0.1) is 0 Å². The van der Waals surface area contributed by atoms with E-state index < -0.39 is 42.7 Å². The van der Waals surface area contributed by atoms with Gasteiger partial charge >= 0.3 is 163 Å². The molecule has 23 heavy (non-hydrogen) atoms. The van der Waals surface area contributed by atoms with Crippen molar-refractivity contribution in [2.75, 3.05) is 0 Å². The van der Waals surface area contributed by atoms with E-state index in [2.05, 4.69) is 62.4 Å². The summed E-state index contributed by atoms with van der Waals surface area (Å²) in [6, 6.07) is 17.8. The number of rotatable bonds is 10. The molecule has 0 aliphatic rings. The molecular formula is C20H26OTe2. The van der Waals surface area contributed by atoms with Gasteiger partial charge < -0.3 is 0 Å². The van der Waals surface area contributed by atoms with Crippen LogP contribution in [0.1, 0.15) is 50.7 Å². The Balaban J connectivity index is 1.92. The first kappa shape index (κ1) is 19.3. The number of aryl methyl sites for hydroxylation is 2. The van der Waals surface area contributed by atoms with Gasteiger partial charge in [0.2, 0.25) is 0 Å². The molecule has 2 rings (SSSR count). The van der Waals surface area contributed by atoms with E-state index in [-0.39, 0.29) is 0 Å². The molecule has 0 atom stereocenters. The van der Waals surface area contributed by atoms with E-state index in [1.54, 1.807) is 0 Å². The van der Waals surface area contributed by atoms with Gasteiger partial charge in [-0.2, -0.15) is 0 Å². The maximum atomic E-state index is 6.31. The van der Waals surface area contributed by atoms with Crippen LogP contribution in [0.3, 0.4) is 0 Å². The van der Waals surface area contributed by atoms with E-state index >= 15 is 0 Å². The summed E-state index contributed by atoms with van der Waals surface area (Å²) < 4.78 is 9.31. The van der Waals surface area contributed by atoms with Crippen molar-refractivity contribution in [1.29, 1.82) is 0 Å². The standard InChI is InChI=1S/C20H26OTe2/c1-3-5-11-17-13-7-9-15-19(17)22-21-23-20-16-10-8-14-18(20)12-6-4-2/h7-10,13-16H,3-6,11-12H2,1-2H3. The van der Waals surface area contributed by atoms with Crippen LogP contribution in [0, 0.1) is 0 Å². The zero-order valence-corrected chi connectivity index (χ0v) is 18.7. The third-order valence-electron chi connectivity index (χ3n) is 3.79. The molecule has 0 bridgehead atoms. The van der Waals surface area contributed by atoms with Crippen LogP contribution in [-0.4, -0.2) is 42.7 Å². The molecule has 2 aromatic carbocycles. The van der Waals surface area contributed by atoms with Crippen molar-refractivity contribution in [1.82, 2.24) is 0 Å². The first-order valence-corrected chi connectivity index (χ1v) is 12.8. The summed E-state index contributed by atoms with van der Waals surface area (Å²) in [5.74, 6) is 0. The third-order valence-corrected chi connectivity index (χ3v) is 10.1. The second-order valence-corrected chi connectivity index (χ2v) is 12.1. The monoisotopic (exact) mass is 542 g/mol. The summed E-state index contributed by atoms with van der Waals surface area (Å²) in [5, 5.41) is 0. The first-order chi connectivity index (χ1) is 11.3. The Labute approximate surface area is 162 Å². The minimum atomic E-state index is -0.503. The van der Waals surface area contributed by atoms with Gasteiger partial charge in [-0.25, -0.2) is 0 Å². The minimum absolute atomic E-state index is 0.503. The number of unbranched alkanes of at least 4 members (excludes halogenated alkanes) is 2. The van der Waals surface area contributed by atoms with Crippen LogP contribution in [0.2, 0.25) is 0 Å². The van der Waals surface area contributed by atoms with Crippen molar-refractivity contribution in [3.05, 3.63) is 59.7 Å². The van der Waals surface area contributed by atoms with Crippen LogP contribution in [-0.2, 0) is 14.3 Å². The number of benzene rings is 2. The molecule has 1 nitrogen and oxygen atoms in total. The zero-order chi connectivity index (χ0) is 16.3. The van der Waals surface area contributed by atoms with Crippen LogP contribution in [0.15, 0.2) is 48.5 Å². The molecule has 0 saturated carbocycles. The molecule has 0 saturated heterocycles. The van der Waals surface area contributed by atoms with E-state index in [0.29, 0.717) is 0 Å². The molecule has 0 N–H and O–H groups in total. The van der Waals surface area contributed by atoms with Crippen LogP contribution in [0.5, 0.6) is 0 Å². The number of hydrogen-bond acceptors (Lipinski definition) is 1. The summed E-state index contributed by atoms with van der Waals surface area (Å²) in [5.41, 5.74) is 3.03. The van der Waals surface area contributed by atoms with E-state index in [1.165, 1.54) is 56.9 Å². The Bertz CT molecular complexity index is 532. The molecule has 0 radical (unpaired) electrons. The van der Waals surface area contributed by atoms with Crippen molar-refractivity contribution in [3.63, 3.8) is 0 Å². The maximum absolute atomic E-state index is 6.31. The van der Waals surface area contributed by atoms with Crippen molar-refractivity contribution < 1.29 is 1.47 Å². The molecule has 0 fully saturated rings. The average molecular weight is 538 g/mol. The van der Waals surface area contributed by atoms with Gasteiger partial charge in [-0.15, -0.1) is 0 Å². The second-order valence-electron chi connectivity index (χ2n) is 5.66. The van der Waals surface area contributed by atoms with E-state index in [9.17, 15) is 0 Å². The summed E-state index contributed by atoms with van der Waals surface area (Å²) in [7, 11) is 0. The van der Waals surface area contributed by atoms with Crippen molar-refractivity contribution in [2.45, 2.75) is 52.4 Å². The SMILES string of the molecule is CCCCc1ccccc1[Te]O[Te]c1ccccc1CCCC. The summed E-state index contributed by atoms with van der Waals surface area (Å²) in [4.78, 5) is 0. The summed E-state index contributed by atoms with van der Waals surface area (Å²) >= 11 is -1.01. The van der Waals surface area contributed by atoms with Crippen LogP contribution in [0.4, 0.5) is 0 Å². The molecule has 0 aliphatic heterocycles. The summed E-state index contributed by atoms with van der Waals surface area (Å²) in [6.45, 7) is 4.52. The van der Waals surface area contributed by atoms with Gasteiger partial charge in [-0.3, -0.25) is 0 Å². The summed E-state index contributed by atoms with van der Waals surface area (Å²) in [6.07, 6.45) is 7.48. The Morgan fingerprint density at radius 1 is 0.696 bits per heavy atom. The Hall–Kier alpha value is -0.0208. The predicted molar refractivity (Wildman–Crippen MR) is 102 cm³/mol. The predicted octanol–water partition coefficient (Wildman–Crippen LogP) is 3.58. The Kier molecular flexibility index (Phi) is 9.67. The topological polar surface area (TPSA) is 9.23 Å². The second kappa shape index (κ2) is 11.5. The molecule has 0 spiro atoms. The van der Waals surface area contributed by atoms with Gasteiger partial charge in [0.15, 0.2) is 0 Å². The van der Waals surface area contributed by atoms with Crippen LogP contribution < -0.4 is 7.22 Å². The molecule has 0 aromatic heterocycles. The van der Waals surface area contributed by atoms with Crippen molar-refractivity contribution in [3.8, 4) is 0 Å². The molecular weight excluding hydrogens is 511 g/mol. The number of hydrogen-bond donors (Lipinski definition) is 0. The molecule has 0 heterocycles. The molecule has 2 aromatic rings. The fourth-order valence-corrected chi connectivity index (χ4v) is 8.73. The van der Waals surface area contributed by atoms with Gasteiger partial charge in [0.25, 0.3) is 0 Å². The van der Waals surface area contributed by atoms with Crippen molar-refractivity contribution >= 4 is 49.9 Å². The molecule has 0 unspecified atom stereocenters. The van der Waals surface area contributed by atoms with E-state index in [4.69, 9.17) is 1.47 Å². The van der Waals surface area contributed by atoms with Crippen molar-refractivity contribution in [2.24, 2.45) is 0 Å². The zero-order valence-electron chi connectivity index (χ0n) is 14.1. The Morgan fingerprint density at radius 2 is 1.13 bits per heavy atom. The van der Waals surface area contributed by atoms with Gasteiger partial charge in [-0.1, -0.05) is 0 Å². The van der Waals surface area contributed by atoms with Gasteiger partial charge in [0, 0.05) is 0 Å². The molecule has 124 valence electrons. The quantitative estimate of drug-likeness (QED) is 0.421. The van der Waals surface area contributed by atoms with E-state index in [0.717, 1.165) is 0 Å². The molecule has 0 amide bonds. The third kappa shape index (κ3) is 6.78. The van der Waals surface area contributed by atoms with Gasteiger partial charge in [-0.05, 0) is 0 Å². The fourth-order valence-electron chi connectivity index (χ4n) is 2.41. The van der Waals surface area contributed by atoms with Crippen LogP contribution >= 0.6 is 0 Å². The average Bonchev–Trinajstić information content (AvgIpc) is 2.60. The normalized spacial score (nSPS) is 10.9. The molecule has 3 heteroatoms. The fraction of sp³-hybridized carbons (Fsp3) is 0.400. The van der Waals surface area contributed by atoms with Crippen LogP contribution in [0.25, 0.3) is 0 Å². The van der Waals surface area contributed by atoms with Gasteiger partial charge in [0.1, 0.15) is 0 Å². The Morgan fingerprint density at radius 3 is 1.57 bits per heavy atom. The first-order valence-electron chi connectivity index (χ1n) is 8.52. The van der Waals surface area contributed by atoms with E-state index in [1.807, 2.05) is 0 Å². The molecule has 0 aliphatic carbocycles.